The van der Waals surface area contributed by atoms with Gasteiger partial charge in [0, 0.05) is 16.8 Å². The van der Waals surface area contributed by atoms with Gasteiger partial charge in [-0.05, 0) is 47.2 Å². The molecule has 0 fully saturated rings. The van der Waals surface area contributed by atoms with Crippen LogP contribution in [0.4, 0.5) is 5.69 Å². The van der Waals surface area contributed by atoms with Crippen molar-refractivity contribution in [1.82, 2.24) is 19.8 Å². The van der Waals surface area contributed by atoms with Gasteiger partial charge in [-0.25, -0.2) is 0 Å². The van der Waals surface area contributed by atoms with Crippen LogP contribution in [-0.2, 0) is 0 Å². The summed E-state index contributed by atoms with van der Waals surface area (Å²) >= 11 is 0. The highest BCUT2D eigenvalue weighted by Gasteiger charge is 2.09. The van der Waals surface area contributed by atoms with Gasteiger partial charge >= 0.3 is 0 Å². The van der Waals surface area contributed by atoms with Crippen molar-refractivity contribution in [3.05, 3.63) is 90.8 Å². The second kappa shape index (κ2) is 6.59. The molecule has 0 saturated carbocycles. The summed E-state index contributed by atoms with van der Waals surface area (Å²) in [6, 6.07) is 25.0. The van der Waals surface area contributed by atoms with Gasteiger partial charge in [0.2, 0.25) is 0 Å². The molecule has 5 aromatic rings. The molecule has 3 aromatic carbocycles. The van der Waals surface area contributed by atoms with E-state index in [9.17, 15) is 4.79 Å². The van der Waals surface area contributed by atoms with E-state index in [4.69, 9.17) is 0 Å². The Kier molecular flexibility index (Phi) is 3.80. The minimum absolute atomic E-state index is 0.148. The lowest BCUT2D eigenvalue weighted by atomic mass is 10.1. The zero-order valence-electron chi connectivity index (χ0n) is 14.8. The first kappa shape index (κ1) is 16.1. The Morgan fingerprint density at radius 2 is 1.75 bits per heavy atom. The van der Waals surface area contributed by atoms with Crippen molar-refractivity contribution in [2.75, 3.05) is 5.32 Å². The summed E-state index contributed by atoms with van der Waals surface area (Å²) in [6.07, 6.45) is 1.56. The molecule has 0 aliphatic rings. The SMILES string of the molecule is O=C(Nc1cccc(-c2ccc3nncn3n2)c1)c1ccc2ccccc2c1. The second-order valence-corrected chi connectivity index (χ2v) is 6.45. The summed E-state index contributed by atoms with van der Waals surface area (Å²) in [5.41, 5.74) is 3.68. The molecule has 0 radical (unpaired) electrons. The lowest BCUT2D eigenvalue weighted by molar-refractivity contribution is 0.102. The average Bonchev–Trinajstić information content (AvgIpc) is 3.21. The van der Waals surface area contributed by atoms with Crippen molar-refractivity contribution in [3.63, 3.8) is 0 Å². The van der Waals surface area contributed by atoms with Crippen molar-refractivity contribution < 1.29 is 4.79 Å². The molecule has 5 rings (SSSR count). The maximum Gasteiger partial charge on any atom is 0.255 e. The van der Waals surface area contributed by atoms with Crippen LogP contribution in [0, 0.1) is 0 Å². The van der Waals surface area contributed by atoms with Crippen molar-refractivity contribution in [2.24, 2.45) is 0 Å². The fourth-order valence-corrected chi connectivity index (χ4v) is 3.17. The van der Waals surface area contributed by atoms with Crippen molar-refractivity contribution in [2.45, 2.75) is 0 Å². The third-order valence-corrected chi connectivity index (χ3v) is 4.59. The van der Waals surface area contributed by atoms with Gasteiger partial charge < -0.3 is 5.32 Å². The van der Waals surface area contributed by atoms with E-state index in [1.54, 1.807) is 10.8 Å². The first-order valence-corrected chi connectivity index (χ1v) is 8.84. The van der Waals surface area contributed by atoms with Crippen molar-refractivity contribution in [3.8, 4) is 11.3 Å². The summed E-state index contributed by atoms with van der Waals surface area (Å²) < 4.78 is 1.62. The number of benzene rings is 3. The normalized spacial score (nSPS) is 11.0. The van der Waals surface area contributed by atoms with E-state index < -0.39 is 0 Å². The quantitative estimate of drug-likeness (QED) is 0.520. The van der Waals surface area contributed by atoms with Crippen LogP contribution in [0.2, 0.25) is 0 Å². The van der Waals surface area contributed by atoms with E-state index in [2.05, 4.69) is 20.6 Å². The van der Waals surface area contributed by atoms with Gasteiger partial charge in [0.15, 0.2) is 5.65 Å². The predicted octanol–water partition coefficient (Wildman–Crippen LogP) is 4.20. The molecular formula is C22H15N5O. The zero-order valence-corrected chi connectivity index (χ0v) is 14.8. The second-order valence-electron chi connectivity index (χ2n) is 6.45. The number of hydrogen-bond donors (Lipinski definition) is 1. The van der Waals surface area contributed by atoms with Gasteiger partial charge in [-0.15, -0.1) is 10.2 Å². The first-order chi connectivity index (χ1) is 13.8. The smallest absolute Gasteiger partial charge is 0.255 e. The number of hydrogen-bond acceptors (Lipinski definition) is 4. The fraction of sp³-hybridized carbons (Fsp3) is 0. The number of aromatic nitrogens is 4. The Morgan fingerprint density at radius 1 is 0.857 bits per heavy atom. The van der Waals surface area contributed by atoms with E-state index in [-0.39, 0.29) is 5.91 Å². The third-order valence-electron chi connectivity index (χ3n) is 4.59. The van der Waals surface area contributed by atoms with Crippen molar-refractivity contribution in [1.29, 1.82) is 0 Å². The highest BCUT2D eigenvalue weighted by Crippen LogP contribution is 2.22. The first-order valence-electron chi connectivity index (χ1n) is 8.84. The van der Waals surface area contributed by atoms with E-state index in [0.717, 1.165) is 22.0 Å². The number of rotatable bonds is 3. The molecule has 1 amide bonds. The van der Waals surface area contributed by atoms with Crippen LogP contribution in [0.1, 0.15) is 10.4 Å². The van der Waals surface area contributed by atoms with Crippen LogP contribution >= 0.6 is 0 Å². The molecule has 0 bridgehead atoms. The van der Waals surface area contributed by atoms with Crippen LogP contribution in [0.25, 0.3) is 27.7 Å². The number of nitrogens with one attached hydrogen (secondary N) is 1. The van der Waals surface area contributed by atoms with Gasteiger partial charge in [0.25, 0.3) is 5.91 Å². The van der Waals surface area contributed by atoms with Gasteiger partial charge in [0.1, 0.15) is 6.33 Å². The van der Waals surface area contributed by atoms with E-state index in [1.807, 2.05) is 78.9 Å². The standard InChI is InChI=1S/C22H15N5O/c28-22(18-9-8-15-4-1-2-5-16(15)12-18)24-19-7-3-6-17(13-19)20-10-11-21-25-23-14-27(21)26-20/h1-14H,(H,24,28). The molecule has 6 heteroatoms. The van der Waals surface area contributed by atoms with Crippen LogP contribution < -0.4 is 5.32 Å². The van der Waals surface area contributed by atoms with Crippen LogP contribution in [0.3, 0.4) is 0 Å². The fourth-order valence-electron chi connectivity index (χ4n) is 3.17. The topological polar surface area (TPSA) is 72.2 Å². The van der Waals surface area contributed by atoms with Crippen molar-refractivity contribution >= 4 is 28.0 Å². The van der Waals surface area contributed by atoms with E-state index in [1.165, 1.54) is 0 Å². The molecular weight excluding hydrogens is 350 g/mol. The monoisotopic (exact) mass is 365 g/mol. The molecule has 0 saturated heterocycles. The van der Waals surface area contributed by atoms with Crippen LogP contribution in [-0.4, -0.2) is 25.7 Å². The minimum atomic E-state index is -0.148. The Morgan fingerprint density at radius 3 is 2.68 bits per heavy atom. The van der Waals surface area contributed by atoms with Gasteiger partial charge in [-0.3, -0.25) is 4.79 Å². The number of amides is 1. The van der Waals surface area contributed by atoms with Gasteiger partial charge in [-0.2, -0.15) is 9.61 Å². The van der Waals surface area contributed by atoms with Gasteiger partial charge in [0.05, 0.1) is 5.69 Å². The average molecular weight is 365 g/mol. The Balaban J connectivity index is 1.43. The maximum atomic E-state index is 12.7. The number of anilines is 1. The van der Waals surface area contributed by atoms with Crippen LogP contribution in [0.5, 0.6) is 0 Å². The lowest BCUT2D eigenvalue weighted by Crippen LogP contribution is -2.11. The lowest BCUT2D eigenvalue weighted by Gasteiger charge is -2.08. The Hall–Kier alpha value is -4.06. The van der Waals surface area contributed by atoms with E-state index in [0.29, 0.717) is 16.9 Å². The molecule has 134 valence electrons. The molecule has 0 atom stereocenters. The number of carbonyl (C=O) groups excluding carboxylic acids is 1. The molecule has 28 heavy (non-hydrogen) atoms. The van der Waals surface area contributed by atoms with E-state index >= 15 is 0 Å². The summed E-state index contributed by atoms with van der Waals surface area (Å²) in [7, 11) is 0. The Labute approximate surface area is 160 Å². The van der Waals surface area contributed by atoms with Crippen LogP contribution in [0.15, 0.2) is 85.2 Å². The number of carbonyl (C=O) groups is 1. The summed E-state index contributed by atoms with van der Waals surface area (Å²) in [5.74, 6) is -0.148. The van der Waals surface area contributed by atoms with Gasteiger partial charge in [-0.1, -0.05) is 42.5 Å². The molecule has 0 spiro atoms. The molecule has 1 N–H and O–H groups in total. The minimum Gasteiger partial charge on any atom is -0.322 e. The number of nitrogens with zero attached hydrogens (tertiary/aromatic N) is 4. The summed E-state index contributed by atoms with van der Waals surface area (Å²) in [4.78, 5) is 12.7. The summed E-state index contributed by atoms with van der Waals surface area (Å²) in [5, 5.41) is 17.4. The number of fused-ring (bicyclic) bond motifs is 2. The maximum absolute atomic E-state index is 12.7. The highest BCUT2D eigenvalue weighted by atomic mass is 16.1. The molecule has 0 aliphatic heterocycles. The molecule has 6 nitrogen and oxygen atoms in total. The summed E-state index contributed by atoms with van der Waals surface area (Å²) in [6.45, 7) is 0. The molecule has 0 unspecified atom stereocenters. The predicted molar refractivity (Wildman–Crippen MR) is 108 cm³/mol. The Bertz CT molecular complexity index is 1320. The molecule has 2 aromatic heterocycles. The third kappa shape index (κ3) is 2.97. The molecule has 0 aliphatic carbocycles. The largest absolute Gasteiger partial charge is 0.322 e. The molecule has 2 heterocycles. The zero-order chi connectivity index (χ0) is 18.9. The highest BCUT2D eigenvalue weighted by molar-refractivity contribution is 6.06.